The fourth-order valence-electron chi connectivity index (χ4n) is 2.07. The largest absolute Gasteiger partial charge is 0.338 e. The van der Waals surface area contributed by atoms with Crippen LogP contribution in [0.15, 0.2) is 4.52 Å². The summed E-state index contributed by atoms with van der Waals surface area (Å²) in [6.45, 7) is 12.8. The normalized spacial score (nSPS) is 21.2. The van der Waals surface area contributed by atoms with Gasteiger partial charge in [-0.05, 0) is 14.0 Å². The lowest BCUT2D eigenvalue weighted by atomic mass is 9.96. The molecular weight excluding hydrogens is 228 g/mol. The van der Waals surface area contributed by atoms with Crippen LogP contribution in [0.5, 0.6) is 0 Å². The number of hydrogen-bond donors (Lipinski definition) is 0. The zero-order chi connectivity index (χ0) is 13.3. The van der Waals surface area contributed by atoms with E-state index in [0.717, 1.165) is 37.9 Å². The lowest BCUT2D eigenvalue weighted by Crippen LogP contribution is -2.45. The highest BCUT2D eigenvalue weighted by atomic mass is 16.5. The summed E-state index contributed by atoms with van der Waals surface area (Å²) in [5.74, 6) is 1.53. The Morgan fingerprint density at radius 3 is 2.28 bits per heavy atom. The molecule has 1 saturated heterocycles. The molecule has 102 valence electrons. The molecule has 0 unspecified atom stereocenters. The molecule has 1 aliphatic rings. The zero-order valence-electron chi connectivity index (χ0n) is 12.1. The van der Waals surface area contributed by atoms with Gasteiger partial charge in [0, 0.05) is 31.6 Å². The Morgan fingerprint density at radius 1 is 1.17 bits per heavy atom. The molecule has 1 fully saturated rings. The van der Waals surface area contributed by atoms with Crippen LogP contribution in [0.4, 0.5) is 0 Å². The van der Waals surface area contributed by atoms with E-state index in [1.807, 2.05) is 0 Å². The fraction of sp³-hybridized carbons (Fsp3) is 0.846. The molecule has 1 aromatic heterocycles. The van der Waals surface area contributed by atoms with Crippen LogP contribution in [0.2, 0.25) is 0 Å². The molecule has 0 saturated carbocycles. The molecule has 1 atom stereocenters. The highest BCUT2D eigenvalue weighted by Crippen LogP contribution is 2.24. The third-order valence-electron chi connectivity index (χ3n) is 3.56. The van der Waals surface area contributed by atoms with E-state index in [1.165, 1.54) is 0 Å². The summed E-state index contributed by atoms with van der Waals surface area (Å²) in [6, 6.07) is 0.210. The topological polar surface area (TPSA) is 45.4 Å². The van der Waals surface area contributed by atoms with Gasteiger partial charge in [-0.25, -0.2) is 0 Å². The standard InChI is InChI=1S/C13H24N4O/c1-10(17-8-6-16(5)7-9-17)11-14-12(15-18-11)13(2,3)4/h10H,6-9H2,1-5H3/t10-/m0/s1. The van der Waals surface area contributed by atoms with E-state index in [1.54, 1.807) is 0 Å². The predicted molar refractivity (Wildman–Crippen MR) is 70.5 cm³/mol. The molecule has 0 radical (unpaired) electrons. The molecule has 1 aliphatic heterocycles. The van der Waals surface area contributed by atoms with Crippen molar-refractivity contribution in [2.75, 3.05) is 33.2 Å². The smallest absolute Gasteiger partial charge is 0.243 e. The van der Waals surface area contributed by atoms with Gasteiger partial charge in [0.25, 0.3) is 0 Å². The van der Waals surface area contributed by atoms with Crippen LogP contribution in [0.3, 0.4) is 0 Å². The number of aromatic nitrogens is 2. The minimum absolute atomic E-state index is 0.0520. The van der Waals surface area contributed by atoms with Crippen LogP contribution in [0, 0.1) is 0 Å². The molecule has 0 aromatic carbocycles. The first kappa shape index (κ1) is 13.5. The highest BCUT2D eigenvalue weighted by molar-refractivity contribution is 5.02. The third kappa shape index (κ3) is 2.90. The van der Waals surface area contributed by atoms with E-state index >= 15 is 0 Å². The van der Waals surface area contributed by atoms with Crippen LogP contribution in [-0.2, 0) is 5.41 Å². The molecule has 2 heterocycles. The molecule has 2 rings (SSSR count). The number of nitrogens with zero attached hydrogens (tertiary/aromatic N) is 4. The maximum atomic E-state index is 5.42. The Hall–Kier alpha value is -0.940. The second-order valence-electron chi connectivity index (χ2n) is 6.22. The first-order chi connectivity index (χ1) is 8.38. The lowest BCUT2D eigenvalue weighted by Gasteiger charge is -2.34. The molecule has 18 heavy (non-hydrogen) atoms. The number of likely N-dealkylation sites (N-methyl/N-ethyl adjacent to an activating group) is 1. The summed E-state index contributed by atoms with van der Waals surface area (Å²) in [4.78, 5) is 9.29. The van der Waals surface area contributed by atoms with Crippen molar-refractivity contribution in [3.05, 3.63) is 11.7 Å². The molecule has 5 nitrogen and oxygen atoms in total. The second kappa shape index (κ2) is 4.97. The molecular formula is C13H24N4O. The molecule has 0 amide bonds. The summed E-state index contributed by atoms with van der Waals surface area (Å²) in [6.07, 6.45) is 0. The van der Waals surface area contributed by atoms with Gasteiger partial charge in [0.15, 0.2) is 5.82 Å². The molecule has 1 aromatic rings. The molecule has 0 spiro atoms. The minimum Gasteiger partial charge on any atom is -0.338 e. The number of rotatable bonds is 2. The maximum absolute atomic E-state index is 5.42. The van der Waals surface area contributed by atoms with Gasteiger partial charge in [-0.15, -0.1) is 0 Å². The van der Waals surface area contributed by atoms with Crippen LogP contribution in [0.1, 0.15) is 45.5 Å². The summed E-state index contributed by atoms with van der Waals surface area (Å²) in [7, 11) is 2.16. The summed E-state index contributed by atoms with van der Waals surface area (Å²) >= 11 is 0. The van der Waals surface area contributed by atoms with Gasteiger partial charge < -0.3 is 9.42 Å². The second-order valence-corrected chi connectivity index (χ2v) is 6.22. The Balaban J connectivity index is 2.05. The van der Waals surface area contributed by atoms with E-state index in [9.17, 15) is 0 Å². The van der Waals surface area contributed by atoms with Crippen LogP contribution >= 0.6 is 0 Å². The van der Waals surface area contributed by atoms with Gasteiger partial charge in [0.1, 0.15) is 0 Å². The number of piperazine rings is 1. The van der Waals surface area contributed by atoms with Crippen molar-refractivity contribution in [3.8, 4) is 0 Å². The Morgan fingerprint density at radius 2 is 1.78 bits per heavy atom. The van der Waals surface area contributed by atoms with Crippen molar-refractivity contribution < 1.29 is 4.52 Å². The van der Waals surface area contributed by atoms with Crippen LogP contribution in [0.25, 0.3) is 0 Å². The predicted octanol–water partition coefficient (Wildman–Crippen LogP) is 1.68. The van der Waals surface area contributed by atoms with Gasteiger partial charge in [0.05, 0.1) is 6.04 Å². The van der Waals surface area contributed by atoms with Gasteiger partial charge in [-0.1, -0.05) is 25.9 Å². The fourth-order valence-corrected chi connectivity index (χ4v) is 2.07. The molecule has 5 heteroatoms. The van der Waals surface area contributed by atoms with Crippen molar-refractivity contribution in [2.45, 2.75) is 39.2 Å². The van der Waals surface area contributed by atoms with Gasteiger partial charge >= 0.3 is 0 Å². The monoisotopic (exact) mass is 252 g/mol. The minimum atomic E-state index is -0.0520. The van der Waals surface area contributed by atoms with Crippen molar-refractivity contribution in [3.63, 3.8) is 0 Å². The van der Waals surface area contributed by atoms with Crippen LogP contribution in [-0.4, -0.2) is 53.2 Å². The third-order valence-corrected chi connectivity index (χ3v) is 3.56. The summed E-state index contributed by atoms with van der Waals surface area (Å²) in [5, 5.41) is 4.10. The van der Waals surface area contributed by atoms with Crippen molar-refractivity contribution in [2.24, 2.45) is 0 Å². The van der Waals surface area contributed by atoms with E-state index in [-0.39, 0.29) is 11.5 Å². The molecule has 0 aliphatic carbocycles. The quantitative estimate of drug-likeness (QED) is 0.801. The van der Waals surface area contributed by atoms with E-state index < -0.39 is 0 Å². The Labute approximate surface area is 109 Å². The van der Waals surface area contributed by atoms with E-state index in [0.29, 0.717) is 0 Å². The SMILES string of the molecule is C[C@@H](c1nc(C(C)(C)C)no1)N1CCN(C)CC1. The average Bonchev–Trinajstić information content (AvgIpc) is 2.78. The van der Waals surface area contributed by atoms with Crippen molar-refractivity contribution in [1.29, 1.82) is 0 Å². The molecule has 0 bridgehead atoms. The first-order valence-electron chi connectivity index (χ1n) is 6.64. The molecule has 0 N–H and O–H groups in total. The van der Waals surface area contributed by atoms with Gasteiger partial charge in [0.2, 0.25) is 5.89 Å². The highest BCUT2D eigenvalue weighted by Gasteiger charge is 2.27. The summed E-state index contributed by atoms with van der Waals surface area (Å²) in [5.41, 5.74) is -0.0520. The Bertz CT molecular complexity index is 388. The number of hydrogen-bond acceptors (Lipinski definition) is 5. The van der Waals surface area contributed by atoms with E-state index in [4.69, 9.17) is 4.52 Å². The first-order valence-corrected chi connectivity index (χ1v) is 6.64. The maximum Gasteiger partial charge on any atom is 0.243 e. The van der Waals surface area contributed by atoms with Crippen molar-refractivity contribution >= 4 is 0 Å². The van der Waals surface area contributed by atoms with Gasteiger partial charge in [-0.2, -0.15) is 4.98 Å². The lowest BCUT2D eigenvalue weighted by molar-refractivity contribution is 0.102. The zero-order valence-corrected chi connectivity index (χ0v) is 12.1. The Kier molecular flexibility index (Phi) is 3.73. The van der Waals surface area contributed by atoms with E-state index in [2.05, 4.69) is 54.7 Å². The van der Waals surface area contributed by atoms with Gasteiger partial charge in [-0.3, -0.25) is 4.90 Å². The average molecular weight is 252 g/mol. The summed E-state index contributed by atoms with van der Waals surface area (Å²) < 4.78 is 5.42. The van der Waals surface area contributed by atoms with Crippen LogP contribution < -0.4 is 0 Å². The van der Waals surface area contributed by atoms with Crippen molar-refractivity contribution in [1.82, 2.24) is 19.9 Å².